The second-order valence-corrected chi connectivity index (χ2v) is 6.60. The lowest BCUT2D eigenvalue weighted by atomic mass is 9.86. The van der Waals surface area contributed by atoms with Gasteiger partial charge in [-0.1, -0.05) is 24.3 Å². The topological polar surface area (TPSA) is 89.9 Å². The van der Waals surface area contributed by atoms with Crippen LogP contribution in [0.2, 0.25) is 0 Å². The van der Waals surface area contributed by atoms with Crippen molar-refractivity contribution >= 4 is 12.0 Å². The summed E-state index contributed by atoms with van der Waals surface area (Å²) in [4.78, 5) is 25.4. The standard InChI is InChI=1S/C20H21FN2O4/c21-17-11-13(5-6-18(17)24)12-22-20(27)23-9-7-14(8-10-23)15-3-1-2-4-16(15)19(25)26/h1-6,11,14,24H,7-10,12H2,(H,22,27)(H,25,26). The number of carboxylic acid groups (broad SMARTS) is 1. The lowest BCUT2D eigenvalue weighted by molar-refractivity contribution is 0.0694. The summed E-state index contributed by atoms with van der Waals surface area (Å²) in [7, 11) is 0. The summed E-state index contributed by atoms with van der Waals surface area (Å²) in [6.45, 7) is 1.21. The van der Waals surface area contributed by atoms with Gasteiger partial charge in [-0.05, 0) is 48.1 Å². The van der Waals surface area contributed by atoms with Crippen molar-refractivity contribution in [1.82, 2.24) is 10.2 Å². The molecule has 6 nitrogen and oxygen atoms in total. The quantitative estimate of drug-likeness (QED) is 0.768. The molecule has 0 atom stereocenters. The van der Waals surface area contributed by atoms with E-state index in [1.54, 1.807) is 23.1 Å². The fourth-order valence-corrected chi connectivity index (χ4v) is 3.39. The molecule has 1 aliphatic heterocycles. The average Bonchev–Trinajstić information content (AvgIpc) is 2.68. The smallest absolute Gasteiger partial charge is 0.335 e. The highest BCUT2D eigenvalue weighted by atomic mass is 19.1. The molecular formula is C20H21FN2O4. The van der Waals surface area contributed by atoms with E-state index in [1.807, 2.05) is 12.1 Å². The molecule has 0 aliphatic carbocycles. The van der Waals surface area contributed by atoms with E-state index in [9.17, 15) is 24.2 Å². The van der Waals surface area contributed by atoms with E-state index in [1.165, 1.54) is 12.1 Å². The van der Waals surface area contributed by atoms with Gasteiger partial charge in [0.25, 0.3) is 0 Å². The molecule has 0 bridgehead atoms. The molecule has 1 heterocycles. The molecule has 142 valence electrons. The number of likely N-dealkylation sites (tertiary alicyclic amines) is 1. The minimum Gasteiger partial charge on any atom is -0.505 e. The molecule has 0 radical (unpaired) electrons. The van der Waals surface area contributed by atoms with Crippen molar-refractivity contribution in [2.24, 2.45) is 0 Å². The molecule has 2 aromatic carbocycles. The summed E-state index contributed by atoms with van der Waals surface area (Å²) in [6.07, 6.45) is 1.37. The van der Waals surface area contributed by atoms with Crippen LogP contribution < -0.4 is 5.32 Å². The number of halogens is 1. The van der Waals surface area contributed by atoms with Gasteiger partial charge in [0.1, 0.15) is 0 Å². The third kappa shape index (κ3) is 4.36. The second kappa shape index (κ2) is 8.07. The van der Waals surface area contributed by atoms with Gasteiger partial charge in [-0.2, -0.15) is 0 Å². The van der Waals surface area contributed by atoms with Crippen molar-refractivity contribution in [3.63, 3.8) is 0 Å². The minimum absolute atomic E-state index is 0.104. The number of hydrogen-bond donors (Lipinski definition) is 3. The number of aromatic carboxylic acids is 1. The molecule has 1 fully saturated rings. The summed E-state index contributed by atoms with van der Waals surface area (Å²) in [5, 5.41) is 21.3. The zero-order chi connectivity index (χ0) is 19.4. The fraction of sp³-hybridized carbons (Fsp3) is 0.300. The van der Waals surface area contributed by atoms with E-state index < -0.39 is 17.5 Å². The SMILES string of the molecule is O=C(O)c1ccccc1C1CCN(C(=O)NCc2ccc(O)c(F)c2)CC1. The lowest BCUT2D eigenvalue weighted by Gasteiger charge is -2.32. The number of carboxylic acids is 1. The number of phenolic OH excluding ortho intramolecular Hbond substituents is 1. The van der Waals surface area contributed by atoms with Crippen molar-refractivity contribution in [2.75, 3.05) is 13.1 Å². The van der Waals surface area contributed by atoms with E-state index in [-0.39, 0.29) is 18.5 Å². The Labute approximate surface area is 156 Å². The third-order valence-electron chi connectivity index (χ3n) is 4.87. The van der Waals surface area contributed by atoms with Crippen LogP contribution in [0.1, 0.15) is 40.2 Å². The Morgan fingerprint density at radius 2 is 1.85 bits per heavy atom. The number of carbonyl (C=O) groups is 2. The maximum Gasteiger partial charge on any atom is 0.335 e. The van der Waals surface area contributed by atoms with Crippen LogP contribution in [-0.4, -0.2) is 40.2 Å². The van der Waals surface area contributed by atoms with Crippen LogP contribution >= 0.6 is 0 Å². The lowest BCUT2D eigenvalue weighted by Crippen LogP contribution is -2.44. The van der Waals surface area contributed by atoms with Crippen LogP contribution in [0.5, 0.6) is 5.75 Å². The molecule has 0 spiro atoms. The predicted octanol–water partition coefficient (Wildman–Crippen LogP) is 3.32. The summed E-state index contributed by atoms with van der Waals surface area (Å²) in [5.41, 5.74) is 1.68. The molecular weight excluding hydrogens is 351 g/mol. The highest BCUT2D eigenvalue weighted by Crippen LogP contribution is 2.30. The number of rotatable bonds is 4. The molecule has 0 saturated carbocycles. The fourth-order valence-electron chi connectivity index (χ4n) is 3.39. The Hall–Kier alpha value is -3.09. The number of phenols is 1. The van der Waals surface area contributed by atoms with E-state index in [0.717, 1.165) is 5.56 Å². The zero-order valence-corrected chi connectivity index (χ0v) is 14.7. The third-order valence-corrected chi connectivity index (χ3v) is 4.87. The number of aromatic hydroxyl groups is 1. The summed E-state index contributed by atoms with van der Waals surface area (Å²) in [5.74, 6) is -1.98. The van der Waals surface area contributed by atoms with Gasteiger partial charge in [-0.25, -0.2) is 14.0 Å². The number of benzene rings is 2. The monoisotopic (exact) mass is 372 g/mol. The summed E-state index contributed by atoms with van der Waals surface area (Å²) < 4.78 is 13.3. The van der Waals surface area contributed by atoms with Crippen molar-refractivity contribution in [1.29, 1.82) is 0 Å². The maximum atomic E-state index is 13.3. The first-order chi connectivity index (χ1) is 13.0. The van der Waals surface area contributed by atoms with Gasteiger partial charge in [-0.3, -0.25) is 0 Å². The van der Waals surface area contributed by atoms with Crippen molar-refractivity contribution in [3.05, 3.63) is 65.0 Å². The van der Waals surface area contributed by atoms with Crippen molar-refractivity contribution in [2.45, 2.75) is 25.3 Å². The van der Waals surface area contributed by atoms with Gasteiger partial charge in [0.2, 0.25) is 0 Å². The number of carbonyl (C=O) groups excluding carboxylic acids is 1. The Bertz CT molecular complexity index is 848. The van der Waals surface area contributed by atoms with Crippen LogP contribution in [0.3, 0.4) is 0 Å². The van der Waals surface area contributed by atoms with Gasteiger partial charge in [0.05, 0.1) is 5.56 Å². The van der Waals surface area contributed by atoms with Crippen LogP contribution in [0, 0.1) is 5.82 Å². The molecule has 0 unspecified atom stereocenters. The molecule has 1 aliphatic rings. The normalized spacial score (nSPS) is 14.8. The van der Waals surface area contributed by atoms with E-state index in [4.69, 9.17) is 0 Å². The first-order valence-electron chi connectivity index (χ1n) is 8.78. The average molecular weight is 372 g/mol. The minimum atomic E-state index is -0.938. The van der Waals surface area contributed by atoms with Gasteiger partial charge >= 0.3 is 12.0 Å². The zero-order valence-electron chi connectivity index (χ0n) is 14.7. The van der Waals surface area contributed by atoms with Crippen LogP contribution in [0.15, 0.2) is 42.5 Å². The highest BCUT2D eigenvalue weighted by Gasteiger charge is 2.26. The number of nitrogens with zero attached hydrogens (tertiary/aromatic N) is 1. The first-order valence-corrected chi connectivity index (χ1v) is 8.78. The van der Waals surface area contributed by atoms with Crippen molar-refractivity contribution in [3.8, 4) is 5.75 Å². The Morgan fingerprint density at radius 3 is 2.52 bits per heavy atom. The first kappa shape index (κ1) is 18.7. The molecule has 0 aromatic heterocycles. The molecule has 7 heteroatoms. The Kier molecular flexibility index (Phi) is 5.59. The number of amides is 2. The second-order valence-electron chi connectivity index (χ2n) is 6.60. The van der Waals surface area contributed by atoms with Gasteiger partial charge < -0.3 is 20.4 Å². The van der Waals surface area contributed by atoms with Gasteiger partial charge in [-0.15, -0.1) is 0 Å². The molecule has 1 saturated heterocycles. The summed E-state index contributed by atoms with van der Waals surface area (Å²) >= 11 is 0. The largest absolute Gasteiger partial charge is 0.505 e. The number of piperidine rings is 1. The highest BCUT2D eigenvalue weighted by molar-refractivity contribution is 5.89. The molecule has 27 heavy (non-hydrogen) atoms. The van der Waals surface area contributed by atoms with Crippen molar-refractivity contribution < 1.29 is 24.2 Å². The van der Waals surface area contributed by atoms with E-state index >= 15 is 0 Å². The molecule has 2 aromatic rings. The maximum absolute atomic E-state index is 13.3. The van der Waals surface area contributed by atoms with Gasteiger partial charge in [0, 0.05) is 19.6 Å². The summed E-state index contributed by atoms with van der Waals surface area (Å²) in [6, 6.07) is 10.7. The predicted molar refractivity (Wildman–Crippen MR) is 97.2 cm³/mol. The molecule has 3 rings (SSSR count). The van der Waals surface area contributed by atoms with Crippen LogP contribution in [0.25, 0.3) is 0 Å². The Morgan fingerprint density at radius 1 is 1.15 bits per heavy atom. The molecule has 3 N–H and O–H groups in total. The number of hydrogen-bond acceptors (Lipinski definition) is 3. The molecule has 2 amide bonds. The Balaban J connectivity index is 1.55. The van der Waals surface area contributed by atoms with E-state index in [2.05, 4.69) is 5.32 Å². The van der Waals surface area contributed by atoms with Crippen LogP contribution in [0.4, 0.5) is 9.18 Å². The van der Waals surface area contributed by atoms with Crippen LogP contribution in [-0.2, 0) is 6.54 Å². The number of nitrogens with one attached hydrogen (secondary N) is 1. The van der Waals surface area contributed by atoms with E-state index in [0.29, 0.717) is 37.1 Å². The number of urea groups is 1. The van der Waals surface area contributed by atoms with Gasteiger partial charge in [0.15, 0.2) is 11.6 Å².